The molecule has 0 radical (unpaired) electrons. The van der Waals surface area contributed by atoms with Crippen LogP contribution in [0.2, 0.25) is 0 Å². The summed E-state index contributed by atoms with van der Waals surface area (Å²) in [4.78, 5) is 12.4. The number of carbonyl (C=O) groups excluding carboxylic acids is 1. The molecule has 0 heterocycles. The SMILES string of the molecule is O=C(CCBr)c1cccc(S)c1CCl. The zero-order valence-electron chi connectivity index (χ0n) is 7.46. The molecule has 0 atom stereocenters. The molecular weight excluding hydrogens is 284 g/mol. The Morgan fingerprint density at radius 2 is 2.21 bits per heavy atom. The fourth-order valence-electron chi connectivity index (χ4n) is 1.20. The quantitative estimate of drug-likeness (QED) is 0.509. The molecule has 0 aliphatic rings. The van der Waals surface area contributed by atoms with Gasteiger partial charge in [0, 0.05) is 28.1 Å². The molecule has 0 fully saturated rings. The lowest BCUT2D eigenvalue weighted by Gasteiger charge is -2.07. The predicted molar refractivity (Wildman–Crippen MR) is 66.0 cm³/mol. The minimum Gasteiger partial charge on any atom is -0.294 e. The lowest BCUT2D eigenvalue weighted by molar-refractivity contribution is 0.0989. The molecule has 0 saturated carbocycles. The van der Waals surface area contributed by atoms with Crippen LogP contribution in [0.15, 0.2) is 23.1 Å². The average Bonchev–Trinajstić information content (AvgIpc) is 2.17. The van der Waals surface area contributed by atoms with E-state index in [4.69, 9.17) is 11.6 Å². The normalized spacial score (nSPS) is 10.2. The Hall–Kier alpha value is 0.01000. The van der Waals surface area contributed by atoms with Crippen LogP contribution in [0.1, 0.15) is 22.3 Å². The van der Waals surface area contributed by atoms with Gasteiger partial charge >= 0.3 is 0 Å². The topological polar surface area (TPSA) is 17.1 Å². The summed E-state index contributed by atoms with van der Waals surface area (Å²) in [6.07, 6.45) is 0.487. The van der Waals surface area contributed by atoms with Gasteiger partial charge in [-0.2, -0.15) is 0 Å². The molecule has 0 aliphatic heterocycles. The molecule has 0 unspecified atom stereocenters. The molecule has 0 amide bonds. The number of hydrogen-bond donors (Lipinski definition) is 1. The summed E-state index contributed by atoms with van der Waals surface area (Å²) < 4.78 is 0. The number of Topliss-reactive ketones (excluding diaryl/α,β-unsaturated/α-hetero) is 1. The first-order chi connectivity index (χ1) is 6.70. The van der Waals surface area contributed by atoms with E-state index in [0.29, 0.717) is 23.2 Å². The molecule has 14 heavy (non-hydrogen) atoms. The van der Waals surface area contributed by atoms with E-state index in [1.807, 2.05) is 12.1 Å². The van der Waals surface area contributed by atoms with Crippen LogP contribution in [0.3, 0.4) is 0 Å². The number of rotatable bonds is 4. The van der Waals surface area contributed by atoms with Crippen LogP contribution in [0, 0.1) is 0 Å². The third-order valence-corrected chi connectivity index (χ3v) is 2.99. The van der Waals surface area contributed by atoms with Gasteiger partial charge in [0.05, 0.1) is 0 Å². The molecule has 0 bridgehead atoms. The van der Waals surface area contributed by atoms with Crippen LogP contribution in [-0.4, -0.2) is 11.1 Å². The Bertz CT molecular complexity index is 341. The van der Waals surface area contributed by atoms with Crippen molar-refractivity contribution in [2.75, 3.05) is 5.33 Å². The number of carbonyl (C=O) groups is 1. The zero-order valence-corrected chi connectivity index (χ0v) is 10.7. The molecule has 0 N–H and O–H groups in total. The second-order valence-corrected chi connectivity index (χ2v) is 4.34. The molecule has 0 aromatic heterocycles. The fourth-order valence-corrected chi connectivity index (χ4v) is 2.22. The fraction of sp³-hybridized carbons (Fsp3) is 0.300. The molecule has 0 aliphatic carbocycles. The predicted octanol–water partition coefficient (Wildman–Crippen LogP) is 3.68. The van der Waals surface area contributed by atoms with Gasteiger partial charge < -0.3 is 0 Å². The lowest BCUT2D eigenvalue weighted by atomic mass is 10.0. The molecule has 4 heteroatoms. The first-order valence-electron chi connectivity index (χ1n) is 4.16. The Labute approximate surface area is 102 Å². The molecule has 1 nitrogen and oxygen atoms in total. The van der Waals surface area contributed by atoms with Gasteiger partial charge in [-0.15, -0.1) is 24.2 Å². The largest absolute Gasteiger partial charge is 0.294 e. The van der Waals surface area contributed by atoms with Gasteiger partial charge in [0.2, 0.25) is 0 Å². The second-order valence-electron chi connectivity index (χ2n) is 2.80. The number of halogens is 2. The second kappa shape index (κ2) is 5.79. The van der Waals surface area contributed by atoms with Crippen molar-refractivity contribution >= 4 is 45.9 Å². The van der Waals surface area contributed by atoms with Crippen LogP contribution in [0.5, 0.6) is 0 Å². The van der Waals surface area contributed by atoms with Crippen molar-refractivity contribution < 1.29 is 4.79 Å². The van der Waals surface area contributed by atoms with Gasteiger partial charge in [0.15, 0.2) is 5.78 Å². The summed E-state index contributed by atoms with van der Waals surface area (Å²) in [6, 6.07) is 5.45. The highest BCUT2D eigenvalue weighted by Crippen LogP contribution is 2.21. The van der Waals surface area contributed by atoms with E-state index in [1.54, 1.807) is 6.07 Å². The van der Waals surface area contributed by atoms with Crippen molar-refractivity contribution in [1.29, 1.82) is 0 Å². The summed E-state index contributed by atoms with van der Waals surface area (Å²) in [5.74, 6) is 0.427. The number of ketones is 1. The third-order valence-electron chi connectivity index (χ3n) is 1.91. The van der Waals surface area contributed by atoms with Crippen molar-refractivity contribution in [2.24, 2.45) is 0 Å². The zero-order chi connectivity index (χ0) is 10.6. The van der Waals surface area contributed by atoms with Crippen LogP contribution in [0.25, 0.3) is 0 Å². The maximum Gasteiger partial charge on any atom is 0.164 e. The van der Waals surface area contributed by atoms with E-state index in [1.165, 1.54) is 0 Å². The van der Waals surface area contributed by atoms with Crippen molar-refractivity contribution in [2.45, 2.75) is 17.2 Å². The Balaban J connectivity index is 3.07. The van der Waals surface area contributed by atoms with Crippen LogP contribution in [-0.2, 0) is 5.88 Å². The minimum absolute atomic E-state index is 0.105. The number of thiol groups is 1. The van der Waals surface area contributed by atoms with E-state index in [9.17, 15) is 4.79 Å². The minimum atomic E-state index is 0.105. The van der Waals surface area contributed by atoms with Gasteiger partial charge in [-0.05, 0) is 11.6 Å². The first-order valence-corrected chi connectivity index (χ1v) is 6.27. The average molecular weight is 294 g/mol. The van der Waals surface area contributed by atoms with Crippen molar-refractivity contribution in [3.8, 4) is 0 Å². The van der Waals surface area contributed by atoms with Crippen LogP contribution in [0.4, 0.5) is 0 Å². The summed E-state index contributed by atoms with van der Waals surface area (Å²) in [7, 11) is 0. The van der Waals surface area contributed by atoms with Gasteiger partial charge in [0.25, 0.3) is 0 Å². The molecule has 1 aromatic rings. The van der Waals surface area contributed by atoms with Crippen LogP contribution >= 0.6 is 40.2 Å². The smallest absolute Gasteiger partial charge is 0.164 e. The van der Waals surface area contributed by atoms with E-state index in [0.717, 1.165) is 10.5 Å². The van der Waals surface area contributed by atoms with E-state index < -0.39 is 0 Å². The van der Waals surface area contributed by atoms with Crippen molar-refractivity contribution in [1.82, 2.24) is 0 Å². The monoisotopic (exact) mass is 292 g/mol. The summed E-state index contributed by atoms with van der Waals surface area (Å²) in [6.45, 7) is 0. The Morgan fingerprint density at radius 1 is 1.50 bits per heavy atom. The van der Waals surface area contributed by atoms with Gasteiger partial charge in [-0.1, -0.05) is 28.1 Å². The molecular formula is C10H10BrClOS. The molecule has 0 spiro atoms. The van der Waals surface area contributed by atoms with Crippen molar-refractivity contribution in [3.05, 3.63) is 29.3 Å². The van der Waals surface area contributed by atoms with Gasteiger partial charge in [-0.25, -0.2) is 0 Å². The van der Waals surface area contributed by atoms with Gasteiger partial charge in [0.1, 0.15) is 0 Å². The maximum atomic E-state index is 11.7. The number of alkyl halides is 2. The van der Waals surface area contributed by atoms with E-state index >= 15 is 0 Å². The van der Waals surface area contributed by atoms with E-state index in [-0.39, 0.29) is 5.78 Å². The maximum absolute atomic E-state index is 11.7. The van der Waals surface area contributed by atoms with Crippen molar-refractivity contribution in [3.63, 3.8) is 0 Å². The standard InChI is InChI=1S/C10H10BrClOS/c11-5-4-9(13)7-2-1-3-10(14)8(7)6-12/h1-3,14H,4-6H2. The van der Waals surface area contributed by atoms with Gasteiger partial charge in [-0.3, -0.25) is 4.79 Å². The first kappa shape index (κ1) is 12.1. The molecule has 1 rings (SSSR count). The summed E-state index contributed by atoms with van der Waals surface area (Å²) >= 11 is 13.3. The third kappa shape index (κ3) is 2.75. The Kier molecular flexibility index (Phi) is 4.99. The lowest BCUT2D eigenvalue weighted by Crippen LogP contribution is -2.04. The summed E-state index contributed by atoms with van der Waals surface area (Å²) in [5.41, 5.74) is 1.51. The molecule has 76 valence electrons. The molecule has 1 aromatic carbocycles. The Morgan fingerprint density at radius 3 is 2.79 bits per heavy atom. The van der Waals surface area contributed by atoms with E-state index in [2.05, 4.69) is 28.6 Å². The highest BCUT2D eigenvalue weighted by atomic mass is 79.9. The number of benzene rings is 1. The molecule has 0 saturated heterocycles. The highest BCUT2D eigenvalue weighted by Gasteiger charge is 2.11. The van der Waals surface area contributed by atoms with Crippen LogP contribution < -0.4 is 0 Å². The number of hydrogen-bond acceptors (Lipinski definition) is 2. The summed E-state index contributed by atoms with van der Waals surface area (Å²) in [5, 5.41) is 0.671. The highest BCUT2D eigenvalue weighted by molar-refractivity contribution is 9.09.